The number of aromatic nitrogens is 2. The lowest BCUT2D eigenvalue weighted by Gasteiger charge is -2.12. The minimum atomic E-state index is -4.73. The average Bonchev–Trinajstić information content (AvgIpc) is 3.16. The van der Waals surface area contributed by atoms with Crippen LogP contribution in [0.5, 0.6) is 5.75 Å². The number of hydrogen-bond acceptors (Lipinski definition) is 6. The lowest BCUT2D eigenvalue weighted by atomic mass is 10.2. The summed E-state index contributed by atoms with van der Waals surface area (Å²) in [5.41, 5.74) is 0.243. The predicted molar refractivity (Wildman–Crippen MR) is 70.9 cm³/mol. The van der Waals surface area contributed by atoms with Gasteiger partial charge in [0.15, 0.2) is 0 Å². The van der Waals surface area contributed by atoms with Crippen LogP contribution >= 0.6 is 0 Å². The Labute approximate surface area is 132 Å². The molecule has 126 valence electrons. The van der Waals surface area contributed by atoms with Crippen LogP contribution in [0.25, 0.3) is 11.4 Å². The summed E-state index contributed by atoms with van der Waals surface area (Å²) in [6, 6.07) is 4.84. The number of carbonyl (C=O) groups excluding carboxylic acids is 2. The first-order valence-electron chi connectivity index (χ1n) is 6.63. The number of imide groups is 1. The summed E-state index contributed by atoms with van der Waals surface area (Å²) in [7, 11) is 0. The Morgan fingerprint density at radius 2 is 2.00 bits per heavy atom. The number of benzene rings is 1. The molecule has 1 aromatic heterocycles. The maximum Gasteiger partial charge on any atom is 0.471 e. The number of ether oxygens (including phenoxy) is 1. The fourth-order valence-electron chi connectivity index (χ4n) is 1.93. The van der Waals surface area contributed by atoms with Crippen LogP contribution in [0.2, 0.25) is 0 Å². The Morgan fingerprint density at radius 3 is 2.54 bits per heavy atom. The van der Waals surface area contributed by atoms with E-state index in [2.05, 4.69) is 20.0 Å². The van der Waals surface area contributed by atoms with Gasteiger partial charge >= 0.3 is 24.2 Å². The van der Waals surface area contributed by atoms with Crippen LogP contribution in [0.3, 0.4) is 0 Å². The van der Waals surface area contributed by atoms with E-state index in [0.717, 1.165) is 4.90 Å². The third kappa shape index (κ3) is 3.14. The Bertz CT molecular complexity index is 772. The Kier molecular flexibility index (Phi) is 3.83. The molecule has 3 rings (SSSR count). The molecule has 2 heterocycles. The van der Waals surface area contributed by atoms with Crippen molar-refractivity contribution < 1.29 is 32.0 Å². The fourth-order valence-corrected chi connectivity index (χ4v) is 1.93. The molecule has 0 atom stereocenters. The molecule has 1 saturated heterocycles. The Hall–Kier alpha value is -3.11. The minimum absolute atomic E-state index is 0.114. The van der Waals surface area contributed by atoms with Gasteiger partial charge in [-0.2, -0.15) is 18.2 Å². The molecule has 0 saturated carbocycles. The summed E-state index contributed by atoms with van der Waals surface area (Å²) in [6.45, 7) is 0.533. The summed E-state index contributed by atoms with van der Waals surface area (Å²) in [5.74, 6) is -1.59. The van der Waals surface area contributed by atoms with Crippen LogP contribution in [0.1, 0.15) is 5.89 Å². The molecule has 0 bridgehead atoms. The molecular weight excluding hydrogens is 333 g/mol. The van der Waals surface area contributed by atoms with Crippen molar-refractivity contribution in [1.82, 2.24) is 20.4 Å². The highest BCUT2D eigenvalue weighted by Gasteiger charge is 2.38. The van der Waals surface area contributed by atoms with Gasteiger partial charge in [0.05, 0.1) is 6.54 Å². The highest BCUT2D eigenvalue weighted by molar-refractivity contribution is 5.93. The molecule has 1 N–H and O–H groups in total. The molecule has 0 aliphatic carbocycles. The first-order chi connectivity index (χ1) is 11.3. The summed E-state index contributed by atoms with van der Waals surface area (Å²) < 4.78 is 46.4. The lowest BCUT2D eigenvalue weighted by Crippen LogP contribution is -2.36. The molecular formula is C13H9F3N4O4. The number of rotatable bonds is 2. The maximum atomic E-state index is 12.4. The zero-order valence-corrected chi connectivity index (χ0v) is 11.8. The van der Waals surface area contributed by atoms with Crippen molar-refractivity contribution in [1.29, 1.82) is 0 Å². The number of nitrogens with zero attached hydrogens (tertiary/aromatic N) is 3. The van der Waals surface area contributed by atoms with Crippen molar-refractivity contribution in [3.63, 3.8) is 0 Å². The SMILES string of the molecule is O=C1NCCN1C(=O)Oc1ccc(-c2noc(C(F)(F)F)n2)cc1. The zero-order valence-electron chi connectivity index (χ0n) is 11.8. The summed E-state index contributed by atoms with van der Waals surface area (Å²) >= 11 is 0. The molecule has 0 radical (unpaired) electrons. The lowest BCUT2D eigenvalue weighted by molar-refractivity contribution is -0.159. The van der Waals surface area contributed by atoms with E-state index in [9.17, 15) is 22.8 Å². The smallest absolute Gasteiger partial charge is 0.410 e. The summed E-state index contributed by atoms with van der Waals surface area (Å²) in [6.07, 6.45) is -5.58. The standard InChI is InChI=1S/C13H9F3N4O4/c14-13(15,16)10-18-9(19-24-10)7-1-3-8(4-2-7)23-12(22)20-6-5-17-11(20)21/h1-4H,5-6H2,(H,17,21). The van der Waals surface area contributed by atoms with E-state index in [-0.39, 0.29) is 23.7 Å². The largest absolute Gasteiger partial charge is 0.471 e. The molecule has 1 fully saturated rings. The molecule has 24 heavy (non-hydrogen) atoms. The summed E-state index contributed by atoms with van der Waals surface area (Å²) in [4.78, 5) is 27.2. The molecule has 2 aromatic rings. The first-order valence-corrected chi connectivity index (χ1v) is 6.63. The Morgan fingerprint density at radius 1 is 1.29 bits per heavy atom. The second kappa shape index (κ2) is 5.83. The second-order valence-corrected chi connectivity index (χ2v) is 4.70. The van der Waals surface area contributed by atoms with Gasteiger partial charge in [0.2, 0.25) is 5.82 Å². The van der Waals surface area contributed by atoms with Gasteiger partial charge in [-0.05, 0) is 24.3 Å². The highest BCUT2D eigenvalue weighted by Crippen LogP contribution is 2.29. The molecule has 11 heteroatoms. The quantitative estimate of drug-likeness (QED) is 0.899. The van der Waals surface area contributed by atoms with Gasteiger partial charge in [0.25, 0.3) is 0 Å². The number of alkyl halides is 3. The first kappa shape index (κ1) is 15.8. The third-order valence-electron chi connectivity index (χ3n) is 3.06. The van der Waals surface area contributed by atoms with Crippen molar-refractivity contribution in [3.05, 3.63) is 30.2 Å². The molecule has 8 nitrogen and oxygen atoms in total. The molecule has 1 aliphatic heterocycles. The van der Waals surface area contributed by atoms with E-state index in [1.54, 1.807) is 0 Å². The van der Waals surface area contributed by atoms with Crippen LogP contribution in [-0.4, -0.2) is 40.3 Å². The summed E-state index contributed by atoms with van der Waals surface area (Å²) in [5, 5.41) is 5.69. The van der Waals surface area contributed by atoms with Crippen molar-refractivity contribution >= 4 is 12.1 Å². The maximum absolute atomic E-state index is 12.4. The second-order valence-electron chi connectivity index (χ2n) is 4.70. The van der Waals surface area contributed by atoms with Gasteiger partial charge in [0, 0.05) is 12.1 Å². The van der Waals surface area contributed by atoms with Crippen LogP contribution in [0, 0.1) is 0 Å². The van der Waals surface area contributed by atoms with Gasteiger partial charge in [-0.25, -0.2) is 14.5 Å². The molecule has 3 amide bonds. The van der Waals surface area contributed by atoms with E-state index < -0.39 is 24.2 Å². The monoisotopic (exact) mass is 342 g/mol. The number of hydrogen-bond donors (Lipinski definition) is 1. The van der Waals surface area contributed by atoms with Crippen molar-refractivity contribution in [2.75, 3.05) is 13.1 Å². The fraction of sp³-hybridized carbons (Fsp3) is 0.231. The number of halogens is 3. The van der Waals surface area contributed by atoms with E-state index >= 15 is 0 Å². The Balaban J connectivity index is 1.70. The number of nitrogens with one attached hydrogen (secondary N) is 1. The van der Waals surface area contributed by atoms with Crippen LogP contribution in [-0.2, 0) is 6.18 Å². The van der Waals surface area contributed by atoms with Gasteiger partial charge in [-0.1, -0.05) is 5.16 Å². The van der Waals surface area contributed by atoms with Crippen LogP contribution < -0.4 is 10.1 Å². The van der Waals surface area contributed by atoms with E-state index in [1.807, 2.05) is 0 Å². The topological polar surface area (TPSA) is 97.6 Å². The number of amides is 3. The van der Waals surface area contributed by atoms with E-state index in [4.69, 9.17) is 4.74 Å². The van der Waals surface area contributed by atoms with E-state index in [1.165, 1.54) is 24.3 Å². The van der Waals surface area contributed by atoms with Gasteiger partial charge in [0.1, 0.15) is 5.75 Å². The predicted octanol–water partition coefficient (Wildman–Crippen LogP) is 2.28. The minimum Gasteiger partial charge on any atom is -0.410 e. The number of urea groups is 1. The number of carbonyl (C=O) groups is 2. The van der Waals surface area contributed by atoms with Crippen LogP contribution in [0.15, 0.2) is 28.8 Å². The van der Waals surface area contributed by atoms with Crippen molar-refractivity contribution in [2.24, 2.45) is 0 Å². The van der Waals surface area contributed by atoms with Crippen molar-refractivity contribution in [2.45, 2.75) is 6.18 Å². The van der Waals surface area contributed by atoms with Crippen LogP contribution in [0.4, 0.5) is 22.8 Å². The van der Waals surface area contributed by atoms with Gasteiger partial charge in [-0.15, -0.1) is 0 Å². The molecule has 0 unspecified atom stereocenters. The van der Waals surface area contributed by atoms with E-state index in [0.29, 0.717) is 6.54 Å². The molecule has 1 aromatic carbocycles. The third-order valence-corrected chi connectivity index (χ3v) is 3.06. The zero-order chi connectivity index (χ0) is 17.3. The van der Waals surface area contributed by atoms with Gasteiger partial charge < -0.3 is 14.6 Å². The molecule has 1 aliphatic rings. The van der Waals surface area contributed by atoms with Crippen molar-refractivity contribution in [3.8, 4) is 17.1 Å². The molecule has 0 spiro atoms. The van der Waals surface area contributed by atoms with Gasteiger partial charge in [-0.3, -0.25) is 0 Å². The highest BCUT2D eigenvalue weighted by atomic mass is 19.4. The normalized spacial score (nSPS) is 14.6. The average molecular weight is 342 g/mol.